The second-order valence-corrected chi connectivity index (χ2v) is 8.32. The van der Waals surface area contributed by atoms with Gasteiger partial charge in [-0.15, -0.1) is 11.3 Å². The summed E-state index contributed by atoms with van der Waals surface area (Å²) in [5, 5.41) is 6.12. The van der Waals surface area contributed by atoms with Gasteiger partial charge in [0.15, 0.2) is 0 Å². The molecule has 2 aromatic heterocycles. The van der Waals surface area contributed by atoms with E-state index in [0.717, 1.165) is 40.8 Å². The van der Waals surface area contributed by atoms with Crippen molar-refractivity contribution in [2.75, 3.05) is 13.1 Å². The molecule has 0 bridgehead atoms. The number of halogens is 1. The van der Waals surface area contributed by atoms with Crippen LogP contribution in [0.3, 0.4) is 0 Å². The van der Waals surface area contributed by atoms with Crippen LogP contribution in [0.2, 0.25) is 0 Å². The fourth-order valence-electron chi connectivity index (χ4n) is 3.17. The number of amides is 1. The minimum absolute atomic E-state index is 0.201. The van der Waals surface area contributed by atoms with Crippen molar-refractivity contribution in [1.82, 2.24) is 15.0 Å². The number of hydrogen-bond acceptors (Lipinski definition) is 5. The summed E-state index contributed by atoms with van der Waals surface area (Å²) in [6.07, 6.45) is 2.22. The van der Waals surface area contributed by atoms with Crippen molar-refractivity contribution < 1.29 is 9.32 Å². The maximum Gasteiger partial charge on any atom is 0.230 e. The van der Waals surface area contributed by atoms with E-state index in [1.54, 1.807) is 11.3 Å². The van der Waals surface area contributed by atoms with Gasteiger partial charge in [0.2, 0.25) is 17.6 Å². The highest BCUT2D eigenvalue weighted by Crippen LogP contribution is 2.29. The first-order valence-electron chi connectivity index (χ1n) is 8.59. The summed E-state index contributed by atoms with van der Waals surface area (Å²) in [4.78, 5) is 20.0. The largest absolute Gasteiger partial charge is 0.342 e. The molecule has 0 aliphatic carbocycles. The average Bonchev–Trinajstić information content (AvgIpc) is 3.34. The number of thiophene rings is 1. The zero-order valence-corrected chi connectivity index (χ0v) is 16.5. The van der Waals surface area contributed by atoms with E-state index >= 15 is 0 Å². The van der Waals surface area contributed by atoms with Crippen LogP contribution < -0.4 is 0 Å². The number of piperidine rings is 1. The van der Waals surface area contributed by atoms with Gasteiger partial charge in [-0.2, -0.15) is 4.98 Å². The fourth-order valence-corrected chi connectivity index (χ4v) is 4.13. The highest BCUT2D eigenvalue weighted by molar-refractivity contribution is 9.10. The SMILES string of the molecule is O=C(Cc1cccs1)N1CCC(c2nc(-c3ccc(Br)cc3)no2)CC1. The summed E-state index contributed by atoms with van der Waals surface area (Å²) in [7, 11) is 0. The molecule has 1 aliphatic rings. The number of nitrogens with zero attached hydrogens (tertiary/aromatic N) is 3. The summed E-state index contributed by atoms with van der Waals surface area (Å²) in [6.45, 7) is 1.48. The Kier molecular flexibility index (Phi) is 5.17. The van der Waals surface area contributed by atoms with Gasteiger partial charge in [-0.25, -0.2) is 0 Å². The van der Waals surface area contributed by atoms with E-state index in [-0.39, 0.29) is 11.8 Å². The Labute approximate surface area is 164 Å². The van der Waals surface area contributed by atoms with Crippen LogP contribution in [0.15, 0.2) is 50.8 Å². The lowest BCUT2D eigenvalue weighted by Gasteiger charge is -2.30. The molecule has 0 radical (unpaired) electrons. The predicted octanol–water partition coefficient (Wildman–Crippen LogP) is 4.51. The Morgan fingerprint density at radius 2 is 2.00 bits per heavy atom. The Morgan fingerprint density at radius 1 is 1.23 bits per heavy atom. The third-order valence-corrected chi connectivity index (χ3v) is 6.05. The lowest BCUT2D eigenvalue weighted by Crippen LogP contribution is -2.38. The topological polar surface area (TPSA) is 59.2 Å². The van der Waals surface area contributed by atoms with Crippen LogP contribution >= 0.6 is 27.3 Å². The van der Waals surface area contributed by atoms with E-state index in [2.05, 4.69) is 26.1 Å². The number of benzene rings is 1. The molecule has 0 atom stereocenters. The molecule has 0 spiro atoms. The smallest absolute Gasteiger partial charge is 0.230 e. The number of rotatable bonds is 4. The molecule has 0 unspecified atom stereocenters. The monoisotopic (exact) mass is 431 g/mol. The predicted molar refractivity (Wildman–Crippen MR) is 104 cm³/mol. The normalized spacial score (nSPS) is 15.3. The van der Waals surface area contributed by atoms with Gasteiger partial charge in [0.25, 0.3) is 0 Å². The molecule has 1 aromatic carbocycles. The van der Waals surface area contributed by atoms with Gasteiger partial charge in [0.1, 0.15) is 0 Å². The van der Waals surface area contributed by atoms with E-state index in [1.165, 1.54) is 0 Å². The molecule has 1 saturated heterocycles. The molecular formula is C19H18BrN3O2S. The van der Waals surface area contributed by atoms with Crippen LogP contribution in [0.5, 0.6) is 0 Å². The lowest BCUT2D eigenvalue weighted by atomic mass is 9.96. The van der Waals surface area contributed by atoms with Gasteiger partial charge in [0.05, 0.1) is 6.42 Å². The second kappa shape index (κ2) is 7.72. The van der Waals surface area contributed by atoms with Crippen molar-refractivity contribution in [3.8, 4) is 11.4 Å². The summed E-state index contributed by atoms with van der Waals surface area (Å²) in [5.41, 5.74) is 0.937. The summed E-state index contributed by atoms with van der Waals surface area (Å²) < 4.78 is 6.51. The standard InChI is InChI=1S/C19H18BrN3O2S/c20-15-5-3-13(4-6-15)18-21-19(25-22-18)14-7-9-23(10-8-14)17(24)12-16-2-1-11-26-16/h1-6,11,14H,7-10,12H2. The molecule has 0 N–H and O–H groups in total. The quantitative estimate of drug-likeness (QED) is 0.609. The van der Waals surface area contributed by atoms with Crippen LogP contribution in [0.1, 0.15) is 29.5 Å². The molecule has 5 nitrogen and oxygen atoms in total. The third-order valence-electron chi connectivity index (χ3n) is 4.65. The first-order chi connectivity index (χ1) is 12.7. The van der Waals surface area contributed by atoms with Crippen molar-refractivity contribution >= 4 is 33.2 Å². The van der Waals surface area contributed by atoms with Crippen molar-refractivity contribution in [1.29, 1.82) is 0 Å². The average molecular weight is 432 g/mol. The van der Waals surface area contributed by atoms with Gasteiger partial charge >= 0.3 is 0 Å². The Balaban J connectivity index is 1.36. The zero-order valence-electron chi connectivity index (χ0n) is 14.1. The van der Waals surface area contributed by atoms with E-state index in [0.29, 0.717) is 18.1 Å². The lowest BCUT2D eigenvalue weighted by molar-refractivity contribution is -0.131. The molecule has 1 amide bonds. The molecule has 7 heteroatoms. The summed E-state index contributed by atoms with van der Waals surface area (Å²) >= 11 is 5.06. The van der Waals surface area contributed by atoms with Gasteiger partial charge in [-0.3, -0.25) is 4.79 Å². The van der Waals surface area contributed by atoms with E-state index in [1.807, 2.05) is 46.7 Å². The fraction of sp³-hybridized carbons (Fsp3) is 0.316. The third kappa shape index (κ3) is 3.88. The van der Waals surface area contributed by atoms with Gasteiger partial charge in [-0.1, -0.05) is 27.2 Å². The maximum atomic E-state index is 12.4. The maximum absolute atomic E-state index is 12.4. The van der Waals surface area contributed by atoms with Crippen LogP contribution in [0, 0.1) is 0 Å². The molecule has 134 valence electrons. The van der Waals surface area contributed by atoms with E-state index in [4.69, 9.17) is 4.52 Å². The number of hydrogen-bond donors (Lipinski definition) is 0. The second-order valence-electron chi connectivity index (χ2n) is 6.37. The molecule has 0 saturated carbocycles. The van der Waals surface area contributed by atoms with Crippen LogP contribution in [-0.2, 0) is 11.2 Å². The summed E-state index contributed by atoms with van der Waals surface area (Å²) in [5.74, 6) is 1.71. The minimum Gasteiger partial charge on any atom is -0.342 e. The highest BCUT2D eigenvalue weighted by atomic mass is 79.9. The molecular weight excluding hydrogens is 414 g/mol. The number of aromatic nitrogens is 2. The zero-order chi connectivity index (χ0) is 17.9. The van der Waals surface area contributed by atoms with Crippen LogP contribution in [-0.4, -0.2) is 34.0 Å². The molecule has 3 heterocycles. The van der Waals surface area contributed by atoms with Crippen molar-refractivity contribution in [2.24, 2.45) is 0 Å². The molecule has 4 rings (SSSR count). The van der Waals surface area contributed by atoms with E-state index < -0.39 is 0 Å². The van der Waals surface area contributed by atoms with E-state index in [9.17, 15) is 4.79 Å². The molecule has 1 aliphatic heterocycles. The van der Waals surface area contributed by atoms with Crippen molar-refractivity contribution in [3.05, 3.63) is 57.0 Å². The summed E-state index contributed by atoms with van der Waals surface area (Å²) in [6, 6.07) is 11.8. The van der Waals surface area contributed by atoms with Crippen molar-refractivity contribution in [3.63, 3.8) is 0 Å². The van der Waals surface area contributed by atoms with Gasteiger partial charge in [0, 0.05) is 33.9 Å². The van der Waals surface area contributed by atoms with Crippen LogP contribution in [0.25, 0.3) is 11.4 Å². The number of carbonyl (C=O) groups is 1. The number of likely N-dealkylation sites (tertiary alicyclic amines) is 1. The molecule has 26 heavy (non-hydrogen) atoms. The van der Waals surface area contributed by atoms with Gasteiger partial charge in [-0.05, 0) is 48.6 Å². The Morgan fingerprint density at radius 3 is 2.69 bits per heavy atom. The first kappa shape index (κ1) is 17.4. The van der Waals surface area contributed by atoms with Gasteiger partial charge < -0.3 is 9.42 Å². The molecule has 3 aromatic rings. The number of carbonyl (C=O) groups excluding carboxylic acids is 1. The molecule has 1 fully saturated rings. The first-order valence-corrected chi connectivity index (χ1v) is 10.3. The Hall–Kier alpha value is -1.99. The highest BCUT2D eigenvalue weighted by Gasteiger charge is 2.27. The van der Waals surface area contributed by atoms with Crippen LogP contribution in [0.4, 0.5) is 0 Å². The minimum atomic E-state index is 0.201. The van der Waals surface area contributed by atoms with Crippen molar-refractivity contribution in [2.45, 2.75) is 25.2 Å². The Bertz CT molecular complexity index is 869.